The van der Waals surface area contributed by atoms with Crippen LogP contribution in [0.5, 0.6) is 0 Å². The van der Waals surface area contributed by atoms with Gasteiger partial charge < -0.3 is 15.6 Å². The smallest absolute Gasteiger partial charge is 0.332 e. The third-order valence-electron chi connectivity index (χ3n) is 1.69. The minimum atomic E-state index is -1.87. The minimum Gasteiger partial charge on any atom is -0.480 e. The number of aldehydes is 1. The summed E-state index contributed by atoms with van der Waals surface area (Å²) in [6, 6.07) is 0. The highest BCUT2D eigenvalue weighted by Gasteiger charge is 2.48. The van der Waals surface area contributed by atoms with E-state index >= 15 is 0 Å². The second-order valence-corrected chi connectivity index (χ2v) is 6.36. The lowest BCUT2D eigenvalue weighted by Gasteiger charge is -2.35. The molecule has 4 nitrogen and oxygen atoms in total. The number of carboxylic acids is 1. The molecule has 0 rings (SSSR count). The molecule has 0 aliphatic heterocycles. The Kier molecular flexibility index (Phi) is 4.81. The van der Waals surface area contributed by atoms with Crippen molar-refractivity contribution in [2.45, 2.75) is 10.4 Å². The van der Waals surface area contributed by atoms with Gasteiger partial charge in [-0.2, -0.15) is 11.8 Å². The first-order valence-electron chi connectivity index (χ1n) is 3.37. The quantitative estimate of drug-likeness (QED) is 0.395. The van der Waals surface area contributed by atoms with Gasteiger partial charge in [-0.15, -0.1) is 18.5 Å². The van der Waals surface area contributed by atoms with Crippen LogP contribution in [-0.2, 0) is 9.59 Å². The molecule has 3 atom stereocenters. The summed E-state index contributed by atoms with van der Waals surface area (Å²) in [5.41, 5.74) is 3.61. The number of rotatable bonds is 5. The van der Waals surface area contributed by atoms with Crippen LogP contribution >= 0.6 is 30.2 Å². The van der Waals surface area contributed by atoms with Gasteiger partial charge in [0.1, 0.15) is 0 Å². The van der Waals surface area contributed by atoms with E-state index in [0.29, 0.717) is 5.75 Å². The van der Waals surface area contributed by atoms with Crippen molar-refractivity contribution in [2.24, 2.45) is 5.73 Å². The molecule has 13 heavy (non-hydrogen) atoms. The minimum absolute atomic E-state index is 0.269. The molecule has 0 aliphatic rings. The van der Waals surface area contributed by atoms with Crippen LogP contribution in [0.4, 0.5) is 0 Å². The Bertz CT molecular complexity index is 224. The Morgan fingerprint density at radius 3 is 2.38 bits per heavy atom. The fourth-order valence-corrected chi connectivity index (χ4v) is 2.82. The number of carboxylic acid groups (broad SMARTS) is 1. The number of hydrogen-bond donors (Lipinski definition) is 2. The van der Waals surface area contributed by atoms with Gasteiger partial charge in [0.2, 0.25) is 0 Å². The van der Waals surface area contributed by atoms with Crippen molar-refractivity contribution in [3.63, 3.8) is 0 Å². The zero-order valence-electron chi connectivity index (χ0n) is 7.19. The Morgan fingerprint density at radius 2 is 2.15 bits per heavy atom. The van der Waals surface area contributed by atoms with E-state index in [-0.39, 0.29) is 6.29 Å². The van der Waals surface area contributed by atoms with Gasteiger partial charge in [-0.25, -0.2) is 4.79 Å². The van der Waals surface area contributed by atoms with Crippen molar-refractivity contribution >= 4 is 42.5 Å². The average Bonchev–Trinajstić information content (AvgIpc) is 2.02. The maximum absolute atomic E-state index is 10.8. The topological polar surface area (TPSA) is 80.4 Å². The Labute approximate surface area is 85.8 Å². The maximum Gasteiger partial charge on any atom is 0.332 e. The first kappa shape index (κ1) is 13.3. The lowest BCUT2D eigenvalue weighted by Crippen LogP contribution is -2.62. The summed E-state index contributed by atoms with van der Waals surface area (Å²) in [6.45, 7) is 0. The molecule has 0 amide bonds. The van der Waals surface area contributed by atoms with Crippen LogP contribution in [-0.4, -0.2) is 39.8 Å². The van der Waals surface area contributed by atoms with Crippen LogP contribution in [0.2, 0.25) is 0 Å². The fourth-order valence-electron chi connectivity index (χ4n) is 0.717. The SMILES string of the molecule is CSCC(P)(P)C(N)(C=O)C(=O)O. The lowest BCUT2D eigenvalue weighted by atomic mass is 9.99. The Hall–Kier alpha value is 0.310. The zero-order valence-corrected chi connectivity index (χ0v) is 10.3. The molecule has 3 unspecified atom stereocenters. The van der Waals surface area contributed by atoms with Gasteiger partial charge in [-0.1, -0.05) is 0 Å². The first-order chi connectivity index (χ1) is 5.81. The number of carbonyl (C=O) groups is 2. The van der Waals surface area contributed by atoms with Gasteiger partial charge in [0.15, 0.2) is 11.8 Å². The van der Waals surface area contributed by atoms with E-state index in [1.165, 1.54) is 11.8 Å². The van der Waals surface area contributed by atoms with E-state index in [2.05, 4.69) is 18.5 Å². The predicted octanol–water partition coefficient (Wildman–Crippen LogP) is -0.223. The van der Waals surface area contributed by atoms with Crippen LogP contribution in [0, 0.1) is 0 Å². The molecule has 0 bridgehead atoms. The molecule has 0 aromatic carbocycles. The molecular weight excluding hydrogens is 228 g/mol. The van der Waals surface area contributed by atoms with Crippen molar-refractivity contribution in [1.82, 2.24) is 0 Å². The molecule has 0 aromatic heterocycles. The predicted molar refractivity (Wildman–Crippen MR) is 61.2 cm³/mol. The normalized spacial score (nSPS) is 16.3. The molecule has 0 saturated heterocycles. The molecule has 0 fully saturated rings. The van der Waals surface area contributed by atoms with E-state index in [1.54, 1.807) is 0 Å². The van der Waals surface area contributed by atoms with Gasteiger partial charge in [0.25, 0.3) is 0 Å². The molecule has 0 radical (unpaired) electrons. The van der Waals surface area contributed by atoms with Crippen molar-refractivity contribution in [3.05, 3.63) is 0 Å². The standard InChI is InChI=1S/C6H13NO3P2S/c1-13-3-6(11,12)5(7,2-8)4(9)10/h2H,3,7,11-12H2,1H3,(H,9,10). The second kappa shape index (κ2) is 4.70. The molecule has 0 aliphatic carbocycles. The third-order valence-corrected chi connectivity index (χ3v) is 4.41. The van der Waals surface area contributed by atoms with Crippen LogP contribution in [0.3, 0.4) is 0 Å². The summed E-state index contributed by atoms with van der Waals surface area (Å²) in [5.74, 6) is -0.870. The van der Waals surface area contributed by atoms with E-state index in [1.807, 2.05) is 6.26 Å². The maximum atomic E-state index is 10.8. The summed E-state index contributed by atoms with van der Waals surface area (Å²) >= 11 is 1.42. The van der Waals surface area contributed by atoms with E-state index in [9.17, 15) is 9.59 Å². The number of carbonyl (C=O) groups excluding carboxylic acids is 1. The largest absolute Gasteiger partial charge is 0.480 e. The highest BCUT2D eigenvalue weighted by Crippen LogP contribution is 2.38. The molecule has 76 valence electrons. The van der Waals surface area contributed by atoms with Crippen LogP contribution in [0.25, 0.3) is 0 Å². The van der Waals surface area contributed by atoms with Crippen molar-refractivity contribution < 1.29 is 14.7 Å². The van der Waals surface area contributed by atoms with E-state index in [4.69, 9.17) is 10.8 Å². The summed E-state index contributed by atoms with van der Waals surface area (Å²) in [5, 5.41) is 8.80. The highest BCUT2D eigenvalue weighted by molar-refractivity contribution is 7.99. The molecule has 0 saturated carbocycles. The average molecular weight is 241 g/mol. The molecule has 0 heterocycles. The van der Waals surface area contributed by atoms with Crippen molar-refractivity contribution in [1.29, 1.82) is 0 Å². The first-order valence-corrected chi connectivity index (χ1v) is 5.92. The van der Waals surface area contributed by atoms with Gasteiger partial charge in [0, 0.05) is 10.7 Å². The van der Waals surface area contributed by atoms with Crippen LogP contribution in [0.1, 0.15) is 0 Å². The highest BCUT2D eigenvalue weighted by atomic mass is 32.2. The Morgan fingerprint density at radius 1 is 1.69 bits per heavy atom. The Balaban J connectivity index is 4.94. The van der Waals surface area contributed by atoms with Gasteiger partial charge in [-0.3, -0.25) is 0 Å². The van der Waals surface area contributed by atoms with Crippen molar-refractivity contribution in [3.8, 4) is 0 Å². The lowest BCUT2D eigenvalue weighted by molar-refractivity contribution is -0.145. The van der Waals surface area contributed by atoms with Crippen LogP contribution in [0.15, 0.2) is 0 Å². The van der Waals surface area contributed by atoms with Gasteiger partial charge in [-0.05, 0) is 6.26 Å². The number of nitrogens with two attached hydrogens (primary N) is 1. The van der Waals surface area contributed by atoms with Gasteiger partial charge >= 0.3 is 5.97 Å². The fraction of sp³-hybridized carbons (Fsp3) is 0.667. The molecule has 7 heteroatoms. The van der Waals surface area contributed by atoms with Crippen molar-refractivity contribution in [2.75, 3.05) is 12.0 Å². The number of thioether (sulfide) groups is 1. The second-order valence-electron chi connectivity index (χ2n) is 2.77. The van der Waals surface area contributed by atoms with E-state index < -0.39 is 16.4 Å². The summed E-state index contributed by atoms with van der Waals surface area (Å²) in [7, 11) is 4.60. The third kappa shape index (κ3) is 2.63. The molecule has 3 N–H and O–H groups in total. The molecular formula is C6H13NO3P2S. The zero-order chi connectivity index (χ0) is 10.7. The summed E-state index contributed by atoms with van der Waals surface area (Å²) in [6.07, 6.45) is 2.08. The van der Waals surface area contributed by atoms with E-state index in [0.717, 1.165) is 0 Å². The number of hydrogen-bond acceptors (Lipinski definition) is 4. The monoisotopic (exact) mass is 241 g/mol. The van der Waals surface area contributed by atoms with Crippen LogP contribution < -0.4 is 5.73 Å². The summed E-state index contributed by atoms with van der Waals surface area (Å²) < 4.78 is 0. The number of aliphatic carboxylic acids is 1. The summed E-state index contributed by atoms with van der Waals surface area (Å²) in [4.78, 5) is 20.5. The van der Waals surface area contributed by atoms with Gasteiger partial charge in [0.05, 0.1) is 0 Å². The molecule has 0 spiro atoms. The molecule has 0 aromatic rings.